The summed E-state index contributed by atoms with van der Waals surface area (Å²) in [4.78, 5) is 11.9. The van der Waals surface area contributed by atoms with Crippen LogP contribution >= 0.6 is 0 Å². The molecule has 0 spiro atoms. The number of ether oxygens (including phenoxy) is 1. The number of hydrogen-bond donors (Lipinski definition) is 0. The van der Waals surface area contributed by atoms with Crippen LogP contribution in [-0.2, 0) is 11.3 Å². The predicted octanol–water partition coefficient (Wildman–Crippen LogP) is 2.78. The second kappa shape index (κ2) is 6.49. The number of rotatable bonds is 4. The predicted molar refractivity (Wildman–Crippen MR) is 81.2 cm³/mol. The van der Waals surface area contributed by atoms with Gasteiger partial charge in [0.05, 0.1) is 5.56 Å². The van der Waals surface area contributed by atoms with Gasteiger partial charge in [-0.25, -0.2) is 9.18 Å². The van der Waals surface area contributed by atoms with Crippen LogP contribution in [0.15, 0.2) is 53.3 Å². The molecular weight excluding hydrogens is 315 g/mol. The molecule has 7 heteroatoms. The van der Waals surface area contributed by atoms with Gasteiger partial charge in [0.25, 0.3) is 0 Å². The molecule has 0 amide bonds. The van der Waals surface area contributed by atoms with E-state index in [1.165, 1.54) is 36.7 Å². The number of carbonyl (C=O) groups is 1. The van der Waals surface area contributed by atoms with Gasteiger partial charge in [-0.3, -0.25) is 0 Å². The highest BCUT2D eigenvalue weighted by Crippen LogP contribution is 2.26. The van der Waals surface area contributed by atoms with E-state index in [0.717, 1.165) is 0 Å². The smallest absolute Gasteiger partial charge is 0.338 e. The number of pyridine rings is 1. The lowest BCUT2D eigenvalue weighted by molar-refractivity contribution is -0.605. The Morgan fingerprint density at radius 2 is 1.92 bits per heavy atom. The largest absolute Gasteiger partial charge is 0.619 e. The van der Waals surface area contributed by atoms with E-state index in [9.17, 15) is 14.4 Å². The van der Waals surface area contributed by atoms with E-state index in [-0.39, 0.29) is 18.0 Å². The summed E-state index contributed by atoms with van der Waals surface area (Å²) in [6.45, 7) is 1.71. The SMILES string of the molecule is Cc1c(COC(=O)c2cc[n+]([O-])cc2)noc1-c1ccc(F)cc1. The third-order valence-electron chi connectivity index (χ3n) is 3.50. The van der Waals surface area contributed by atoms with Gasteiger partial charge in [0, 0.05) is 23.3 Å². The maximum Gasteiger partial charge on any atom is 0.338 e. The van der Waals surface area contributed by atoms with Gasteiger partial charge < -0.3 is 14.5 Å². The zero-order valence-corrected chi connectivity index (χ0v) is 12.7. The molecule has 0 radical (unpaired) electrons. The van der Waals surface area contributed by atoms with E-state index in [0.29, 0.717) is 27.3 Å². The van der Waals surface area contributed by atoms with Crippen molar-refractivity contribution in [3.05, 3.63) is 76.6 Å². The first-order chi connectivity index (χ1) is 11.5. The minimum Gasteiger partial charge on any atom is -0.619 e. The number of esters is 1. The first-order valence-electron chi connectivity index (χ1n) is 7.11. The molecule has 6 nitrogen and oxygen atoms in total. The quantitative estimate of drug-likeness (QED) is 0.418. The maximum absolute atomic E-state index is 13.0. The molecule has 3 aromatic rings. The van der Waals surface area contributed by atoms with Crippen LogP contribution in [0.2, 0.25) is 0 Å². The van der Waals surface area contributed by atoms with Crippen molar-refractivity contribution >= 4 is 5.97 Å². The average Bonchev–Trinajstić information content (AvgIpc) is 2.95. The zero-order valence-electron chi connectivity index (χ0n) is 12.7. The van der Waals surface area contributed by atoms with Gasteiger partial charge in [0.1, 0.15) is 18.1 Å². The first kappa shape index (κ1) is 15.7. The standard InChI is InChI=1S/C17H13FN2O4/c1-11-15(10-23-17(21)13-6-8-20(22)9-7-13)19-24-16(11)12-2-4-14(18)5-3-12/h2-9H,10H2,1H3. The van der Waals surface area contributed by atoms with E-state index >= 15 is 0 Å². The molecular formula is C17H13FN2O4. The first-order valence-corrected chi connectivity index (χ1v) is 7.11. The molecule has 0 aliphatic heterocycles. The fourth-order valence-electron chi connectivity index (χ4n) is 2.14. The lowest BCUT2D eigenvalue weighted by atomic mass is 10.1. The van der Waals surface area contributed by atoms with Crippen LogP contribution in [0.1, 0.15) is 21.6 Å². The Hall–Kier alpha value is -3.22. The Morgan fingerprint density at radius 1 is 1.25 bits per heavy atom. The topological polar surface area (TPSA) is 79.3 Å². The number of halogens is 1. The van der Waals surface area contributed by atoms with Crippen molar-refractivity contribution in [2.24, 2.45) is 0 Å². The van der Waals surface area contributed by atoms with Crippen molar-refractivity contribution in [2.75, 3.05) is 0 Å². The molecule has 0 bridgehead atoms. The maximum atomic E-state index is 13.0. The van der Waals surface area contributed by atoms with Crippen LogP contribution in [0, 0.1) is 17.9 Å². The molecule has 122 valence electrons. The molecule has 0 saturated heterocycles. The van der Waals surface area contributed by atoms with Gasteiger partial charge in [0.2, 0.25) is 0 Å². The number of aromatic nitrogens is 2. The molecule has 24 heavy (non-hydrogen) atoms. The zero-order chi connectivity index (χ0) is 17.1. The Kier molecular flexibility index (Phi) is 4.24. The van der Waals surface area contributed by atoms with E-state index in [1.54, 1.807) is 19.1 Å². The Labute approximate surface area is 136 Å². The van der Waals surface area contributed by atoms with Gasteiger partial charge in [-0.1, -0.05) is 5.16 Å². The highest BCUT2D eigenvalue weighted by atomic mass is 19.1. The summed E-state index contributed by atoms with van der Waals surface area (Å²) in [5.41, 5.74) is 2.13. The summed E-state index contributed by atoms with van der Waals surface area (Å²) >= 11 is 0. The molecule has 0 atom stereocenters. The molecule has 0 aliphatic carbocycles. The van der Waals surface area contributed by atoms with Gasteiger partial charge in [0.15, 0.2) is 18.2 Å². The third-order valence-corrected chi connectivity index (χ3v) is 3.50. The second-order valence-corrected chi connectivity index (χ2v) is 5.11. The Balaban J connectivity index is 1.71. The van der Waals surface area contributed by atoms with Crippen LogP contribution in [0.25, 0.3) is 11.3 Å². The van der Waals surface area contributed by atoms with Crippen molar-refractivity contribution < 1.29 is 23.2 Å². The minimum absolute atomic E-state index is 0.0678. The average molecular weight is 328 g/mol. The number of benzene rings is 1. The van der Waals surface area contributed by atoms with Crippen LogP contribution in [0.5, 0.6) is 0 Å². The Morgan fingerprint density at radius 3 is 2.58 bits per heavy atom. The molecule has 0 N–H and O–H groups in total. The fraction of sp³-hybridized carbons (Fsp3) is 0.118. The van der Waals surface area contributed by atoms with Gasteiger partial charge in [-0.05, 0) is 31.2 Å². The normalized spacial score (nSPS) is 10.6. The molecule has 0 aliphatic rings. The minimum atomic E-state index is -0.568. The third kappa shape index (κ3) is 3.24. The van der Waals surface area contributed by atoms with Crippen LogP contribution in [0.4, 0.5) is 4.39 Å². The van der Waals surface area contributed by atoms with Crippen molar-refractivity contribution in [3.8, 4) is 11.3 Å². The lowest BCUT2D eigenvalue weighted by Gasteiger charge is -2.03. The van der Waals surface area contributed by atoms with Crippen molar-refractivity contribution in [3.63, 3.8) is 0 Å². The fourth-order valence-corrected chi connectivity index (χ4v) is 2.14. The molecule has 0 saturated carbocycles. The van der Waals surface area contributed by atoms with Gasteiger partial charge in [-0.15, -0.1) is 0 Å². The van der Waals surface area contributed by atoms with Gasteiger partial charge >= 0.3 is 5.97 Å². The van der Waals surface area contributed by atoms with E-state index in [4.69, 9.17) is 9.26 Å². The molecule has 2 aromatic heterocycles. The number of carbonyl (C=O) groups excluding carboxylic acids is 1. The van der Waals surface area contributed by atoms with E-state index in [2.05, 4.69) is 5.16 Å². The summed E-state index contributed by atoms with van der Waals surface area (Å²) in [7, 11) is 0. The second-order valence-electron chi connectivity index (χ2n) is 5.11. The molecule has 3 rings (SSSR count). The van der Waals surface area contributed by atoms with Crippen LogP contribution in [0.3, 0.4) is 0 Å². The van der Waals surface area contributed by atoms with Gasteiger partial charge in [-0.2, -0.15) is 4.73 Å². The van der Waals surface area contributed by atoms with Crippen molar-refractivity contribution in [1.82, 2.24) is 5.16 Å². The summed E-state index contributed by atoms with van der Waals surface area (Å²) in [6.07, 6.45) is 2.43. The summed E-state index contributed by atoms with van der Waals surface area (Å²) in [5, 5.41) is 14.8. The molecule has 2 heterocycles. The number of hydrogen-bond acceptors (Lipinski definition) is 5. The summed E-state index contributed by atoms with van der Waals surface area (Å²) in [6, 6.07) is 8.56. The molecule has 1 aromatic carbocycles. The van der Waals surface area contributed by atoms with Crippen LogP contribution in [-0.4, -0.2) is 11.1 Å². The monoisotopic (exact) mass is 328 g/mol. The Bertz CT molecular complexity index is 857. The van der Waals surface area contributed by atoms with E-state index < -0.39 is 5.97 Å². The van der Waals surface area contributed by atoms with Crippen LogP contribution < -0.4 is 4.73 Å². The summed E-state index contributed by atoms with van der Waals surface area (Å²) < 4.78 is 24.0. The van der Waals surface area contributed by atoms with Crippen molar-refractivity contribution in [1.29, 1.82) is 0 Å². The van der Waals surface area contributed by atoms with Crippen molar-refractivity contribution in [2.45, 2.75) is 13.5 Å². The molecule has 0 fully saturated rings. The highest BCUT2D eigenvalue weighted by molar-refractivity contribution is 5.89. The van der Waals surface area contributed by atoms with E-state index in [1.807, 2.05) is 0 Å². The molecule has 0 unspecified atom stereocenters. The number of nitrogens with zero attached hydrogens (tertiary/aromatic N) is 2. The summed E-state index contributed by atoms with van der Waals surface area (Å²) in [5.74, 6) is -0.415. The highest BCUT2D eigenvalue weighted by Gasteiger charge is 2.16. The lowest BCUT2D eigenvalue weighted by Crippen LogP contribution is -2.24.